The Morgan fingerprint density at radius 1 is 0.967 bits per heavy atom. The third kappa shape index (κ3) is 3.11. The molecule has 3 heteroatoms. The molecule has 3 aromatic rings. The van der Waals surface area contributed by atoms with E-state index in [4.69, 9.17) is 0 Å². The maximum atomic E-state index is 2.58. The first kappa shape index (κ1) is 20.9. The zero-order valence-electron chi connectivity index (χ0n) is 17.6. The molecule has 0 saturated carbocycles. The molecule has 2 nitrogen and oxygen atoms in total. The smallest absolute Gasteiger partial charge is 0.218 e. The molecule has 1 aliphatic carbocycles. The lowest BCUT2D eigenvalue weighted by molar-refractivity contribution is -0.555. The Morgan fingerprint density at radius 3 is 2.57 bits per heavy atom. The third-order valence-electron chi connectivity index (χ3n) is 6.39. The summed E-state index contributed by atoms with van der Waals surface area (Å²) in [7, 11) is 0. The Morgan fingerprint density at radius 2 is 1.73 bits per heavy atom. The van der Waals surface area contributed by atoms with E-state index in [9.17, 15) is 0 Å². The third-order valence-corrected chi connectivity index (χ3v) is 6.39. The van der Waals surface area contributed by atoms with E-state index in [-0.39, 0.29) is 29.5 Å². The van der Waals surface area contributed by atoms with Crippen LogP contribution in [-0.2, 0) is 0 Å². The summed E-state index contributed by atoms with van der Waals surface area (Å²) in [6.45, 7) is 5.52. The van der Waals surface area contributed by atoms with E-state index < -0.39 is 0 Å². The van der Waals surface area contributed by atoms with Gasteiger partial charge in [-0.1, -0.05) is 61.6 Å². The average Bonchev–Trinajstić information content (AvgIpc) is 3.18. The topological polar surface area (TPSA) is 7.12 Å². The van der Waals surface area contributed by atoms with Gasteiger partial charge in [0.15, 0.2) is 11.9 Å². The second kappa shape index (κ2) is 8.38. The van der Waals surface area contributed by atoms with Crippen molar-refractivity contribution in [2.24, 2.45) is 0 Å². The number of hydrogen-bond acceptors (Lipinski definition) is 1. The minimum atomic E-state index is -0.113. The molecule has 0 bridgehead atoms. The van der Waals surface area contributed by atoms with Crippen LogP contribution in [0.15, 0.2) is 90.7 Å². The van der Waals surface area contributed by atoms with E-state index in [2.05, 4.69) is 114 Å². The van der Waals surface area contributed by atoms with Crippen LogP contribution >= 0.6 is 0 Å². The van der Waals surface area contributed by atoms with Crippen molar-refractivity contribution in [2.75, 3.05) is 11.4 Å². The quantitative estimate of drug-likeness (QED) is 0.392. The Kier molecular flexibility index (Phi) is 5.83. The maximum absolute atomic E-state index is 2.58. The van der Waals surface area contributed by atoms with Crippen LogP contribution in [-0.4, -0.2) is 12.1 Å². The highest BCUT2D eigenvalue weighted by molar-refractivity contribution is 5.80. The predicted molar refractivity (Wildman–Crippen MR) is 123 cm³/mol. The second-order valence-corrected chi connectivity index (χ2v) is 7.82. The molecule has 1 unspecified atom stereocenters. The summed E-state index contributed by atoms with van der Waals surface area (Å²) in [4.78, 5) is 2.58. The molecule has 0 radical (unpaired) electrons. The summed E-state index contributed by atoms with van der Waals surface area (Å²) in [6.07, 6.45) is 13.6. The molecule has 152 valence electrons. The van der Waals surface area contributed by atoms with Crippen molar-refractivity contribution in [1.29, 1.82) is 0 Å². The number of para-hydroxylation sites is 2. The predicted octanol–water partition coefficient (Wildman–Crippen LogP) is 3.00. The van der Waals surface area contributed by atoms with Crippen LogP contribution in [0.4, 0.5) is 5.69 Å². The van der Waals surface area contributed by atoms with Crippen molar-refractivity contribution in [3.63, 3.8) is 0 Å². The minimum Gasteiger partial charge on any atom is -1.00 e. The highest BCUT2D eigenvalue weighted by Gasteiger charge is 2.44. The molecule has 2 heterocycles. The van der Waals surface area contributed by atoms with Gasteiger partial charge < -0.3 is 28.9 Å². The molecule has 0 fully saturated rings. The lowest BCUT2D eigenvalue weighted by Gasteiger charge is -2.44. The van der Waals surface area contributed by atoms with Crippen LogP contribution in [0.25, 0.3) is 22.7 Å². The van der Waals surface area contributed by atoms with Gasteiger partial charge in [-0.05, 0) is 37.1 Å². The van der Waals surface area contributed by atoms with Gasteiger partial charge in [0.1, 0.15) is 0 Å². The summed E-state index contributed by atoms with van der Waals surface area (Å²) >= 11 is 0. The summed E-state index contributed by atoms with van der Waals surface area (Å²) in [5.74, 6) is 0. The maximum Gasteiger partial charge on any atom is 0.218 e. The van der Waals surface area contributed by atoms with Gasteiger partial charge in [-0.3, -0.25) is 0 Å². The van der Waals surface area contributed by atoms with Crippen LogP contribution < -0.4 is 33.4 Å². The minimum absolute atomic E-state index is 0. The van der Waals surface area contributed by atoms with Gasteiger partial charge in [0.05, 0.1) is 5.54 Å². The van der Waals surface area contributed by atoms with Crippen molar-refractivity contribution in [3.05, 3.63) is 96.2 Å². The Labute approximate surface area is 196 Å². The van der Waals surface area contributed by atoms with Gasteiger partial charge in [-0.25, -0.2) is 0 Å². The fourth-order valence-corrected chi connectivity index (χ4v) is 5.12. The van der Waals surface area contributed by atoms with Crippen LogP contribution in [0.2, 0.25) is 0 Å². The molecule has 30 heavy (non-hydrogen) atoms. The fourth-order valence-electron chi connectivity index (χ4n) is 5.12. The van der Waals surface area contributed by atoms with Gasteiger partial charge in [0.25, 0.3) is 0 Å². The highest BCUT2D eigenvalue weighted by Crippen LogP contribution is 2.45. The van der Waals surface area contributed by atoms with Gasteiger partial charge >= 0.3 is 0 Å². The standard InChI is InChI=1S/C27H27N2.HI/c1-3-24(28-20-10-13-21-11-5-7-15-25(21)28)23-14-9-18-27(23)19-17-22-12-6-8-16-26(22)29(27)4-2;/h5-17,19-20H,3-4,18H2,1-2H3;1H/q+1;/p-1. The van der Waals surface area contributed by atoms with E-state index in [1.165, 1.54) is 33.4 Å². The number of nitrogens with zero attached hydrogens (tertiary/aromatic N) is 2. The number of halogens is 1. The number of allylic oxidation sites excluding steroid dienone is 1. The normalized spacial score (nSPS) is 21.1. The van der Waals surface area contributed by atoms with Crippen molar-refractivity contribution in [1.82, 2.24) is 0 Å². The Balaban J connectivity index is 0.00000218. The molecule has 2 aromatic carbocycles. The number of benzene rings is 2. The van der Waals surface area contributed by atoms with Crippen LogP contribution in [0, 0.1) is 0 Å². The fraction of sp³-hybridized carbons (Fsp3) is 0.222. The van der Waals surface area contributed by atoms with Crippen LogP contribution in [0.5, 0.6) is 0 Å². The monoisotopic (exact) mass is 506 g/mol. The molecule has 1 atom stereocenters. The lowest BCUT2D eigenvalue weighted by atomic mass is 9.82. The second-order valence-electron chi connectivity index (χ2n) is 7.82. The molecular formula is C27H27IN2. The largest absolute Gasteiger partial charge is 1.00 e. The molecule has 0 saturated heterocycles. The number of fused-ring (bicyclic) bond motifs is 2. The van der Waals surface area contributed by atoms with Crippen LogP contribution in [0.1, 0.15) is 32.3 Å². The summed E-state index contributed by atoms with van der Waals surface area (Å²) < 4.78 is 2.39. The van der Waals surface area contributed by atoms with E-state index in [1.54, 1.807) is 0 Å². The van der Waals surface area contributed by atoms with Gasteiger partial charge in [0.2, 0.25) is 5.52 Å². The summed E-state index contributed by atoms with van der Waals surface area (Å²) in [5.41, 5.74) is 6.57. The number of pyridine rings is 1. The molecule has 1 spiro atoms. The molecular weight excluding hydrogens is 479 g/mol. The molecule has 2 aliphatic rings. The van der Waals surface area contributed by atoms with Gasteiger partial charge in [0, 0.05) is 41.7 Å². The molecule has 0 N–H and O–H groups in total. The first-order valence-electron chi connectivity index (χ1n) is 10.6. The highest BCUT2D eigenvalue weighted by atomic mass is 127. The van der Waals surface area contributed by atoms with Gasteiger partial charge in [-0.15, -0.1) is 0 Å². The summed E-state index contributed by atoms with van der Waals surface area (Å²) in [5, 5.41) is 1.27. The number of aromatic nitrogens is 1. The molecule has 0 amide bonds. The van der Waals surface area contributed by atoms with Crippen LogP contribution in [0.3, 0.4) is 0 Å². The lowest BCUT2D eigenvalue weighted by Crippen LogP contribution is -3.00. The zero-order valence-corrected chi connectivity index (χ0v) is 19.7. The van der Waals surface area contributed by atoms with Crippen molar-refractivity contribution < 1.29 is 28.5 Å². The van der Waals surface area contributed by atoms with Crippen molar-refractivity contribution in [2.45, 2.75) is 32.2 Å². The Bertz CT molecular complexity index is 1170. The number of likely N-dealkylation sites (N-methyl/N-ethyl adjacent to an activating group) is 1. The van der Waals surface area contributed by atoms with E-state index in [1.807, 2.05) is 0 Å². The average molecular weight is 506 g/mol. The van der Waals surface area contributed by atoms with Crippen molar-refractivity contribution >= 4 is 28.4 Å². The molecule has 1 aromatic heterocycles. The van der Waals surface area contributed by atoms with Gasteiger partial charge in [-0.2, -0.15) is 4.57 Å². The van der Waals surface area contributed by atoms with E-state index in [0.717, 1.165) is 19.4 Å². The van der Waals surface area contributed by atoms with E-state index >= 15 is 0 Å². The number of rotatable bonds is 3. The first-order chi connectivity index (χ1) is 14.3. The Hall–Kier alpha value is -2.40. The van der Waals surface area contributed by atoms with E-state index in [0.29, 0.717) is 0 Å². The molecule has 1 aliphatic heterocycles. The number of hydrogen-bond donors (Lipinski definition) is 0. The van der Waals surface area contributed by atoms with Crippen molar-refractivity contribution in [3.8, 4) is 0 Å². The zero-order chi connectivity index (χ0) is 19.8. The summed E-state index contributed by atoms with van der Waals surface area (Å²) in [6, 6.07) is 21.8. The SMILES string of the molecule is CCC(=C1C=CCC12C=Cc1ccccc1N2CC)[n+]1cccc2ccccc21.[I-]. The molecule has 5 rings (SSSR count). The number of anilines is 1. The first-order valence-corrected chi connectivity index (χ1v) is 10.6.